The second-order valence-electron chi connectivity index (χ2n) is 4.66. The van der Waals surface area contributed by atoms with Crippen LogP contribution >= 0.6 is 11.3 Å². The van der Waals surface area contributed by atoms with E-state index in [-0.39, 0.29) is 11.9 Å². The first-order chi connectivity index (χ1) is 9.67. The molecule has 2 heterocycles. The summed E-state index contributed by atoms with van der Waals surface area (Å²) in [5, 5.41) is 2.01. The van der Waals surface area contributed by atoms with E-state index in [0.717, 1.165) is 18.5 Å². The first kappa shape index (κ1) is 14.8. The van der Waals surface area contributed by atoms with Crippen LogP contribution in [0.15, 0.2) is 23.1 Å². The molecule has 5 heteroatoms. The SMILES string of the molecule is CCC(=CCN1C(=O)CCCc2sccc21)C(=O)OC. The van der Waals surface area contributed by atoms with Gasteiger partial charge in [0.15, 0.2) is 0 Å². The molecular weight excluding hydrogens is 274 g/mol. The molecule has 0 fully saturated rings. The number of rotatable bonds is 4. The van der Waals surface area contributed by atoms with Crippen LogP contribution in [0.4, 0.5) is 5.69 Å². The van der Waals surface area contributed by atoms with Crippen LogP contribution in [-0.2, 0) is 20.7 Å². The Labute approximate surface area is 123 Å². The molecule has 0 saturated carbocycles. The van der Waals surface area contributed by atoms with Gasteiger partial charge in [-0.15, -0.1) is 11.3 Å². The van der Waals surface area contributed by atoms with Gasteiger partial charge in [-0.1, -0.05) is 13.0 Å². The highest BCUT2D eigenvalue weighted by atomic mass is 32.1. The highest BCUT2D eigenvalue weighted by Gasteiger charge is 2.22. The van der Waals surface area contributed by atoms with Gasteiger partial charge in [0.05, 0.1) is 12.8 Å². The number of nitrogens with zero attached hydrogens (tertiary/aromatic N) is 1. The van der Waals surface area contributed by atoms with Crippen molar-refractivity contribution in [2.75, 3.05) is 18.6 Å². The molecule has 1 aliphatic rings. The van der Waals surface area contributed by atoms with Crippen molar-refractivity contribution in [1.82, 2.24) is 0 Å². The number of ether oxygens (including phenoxy) is 1. The van der Waals surface area contributed by atoms with Crippen molar-refractivity contribution in [2.45, 2.75) is 32.6 Å². The molecule has 1 amide bonds. The third kappa shape index (κ3) is 3.10. The monoisotopic (exact) mass is 293 g/mol. The quantitative estimate of drug-likeness (QED) is 0.633. The maximum atomic E-state index is 12.2. The number of amides is 1. The lowest BCUT2D eigenvalue weighted by atomic mass is 10.2. The lowest BCUT2D eigenvalue weighted by Crippen LogP contribution is -2.30. The molecule has 0 unspecified atom stereocenters. The van der Waals surface area contributed by atoms with E-state index >= 15 is 0 Å². The number of carbonyl (C=O) groups is 2. The predicted molar refractivity (Wildman–Crippen MR) is 80.0 cm³/mol. The molecule has 1 aromatic rings. The normalized spacial score (nSPS) is 15.8. The van der Waals surface area contributed by atoms with Crippen LogP contribution in [0, 0.1) is 0 Å². The molecule has 4 nitrogen and oxygen atoms in total. The summed E-state index contributed by atoms with van der Waals surface area (Å²) in [7, 11) is 1.37. The van der Waals surface area contributed by atoms with Crippen LogP contribution in [0.25, 0.3) is 0 Å². The van der Waals surface area contributed by atoms with Crippen molar-refractivity contribution in [1.29, 1.82) is 0 Å². The van der Waals surface area contributed by atoms with Crippen LogP contribution in [0.5, 0.6) is 0 Å². The molecule has 0 aliphatic carbocycles. The molecule has 1 aromatic heterocycles. The van der Waals surface area contributed by atoms with Gasteiger partial charge in [0, 0.05) is 23.4 Å². The van der Waals surface area contributed by atoms with Crippen molar-refractivity contribution < 1.29 is 14.3 Å². The van der Waals surface area contributed by atoms with Crippen LogP contribution in [-0.4, -0.2) is 25.5 Å². The molecule has 20 heavy (non-hydrogen) atoms. The number of esters is 1. The standard InChI is InChI=1S/C15H19NO3S/c1-3-11(15(18)19-2)7-9-16-12-8-10-20-13(12)5-4-6-14(16)17/h7-8,10H,3-6,9H2,1-2H3. The van der Waals surface area contributed by atoms with E-state index in [1.807, 2.05) is 18.4 Å². The van der Waals surface area contributed by atoms with E-state index in [1.54, 1.807) is 22.3 Å². The largest absolute Gasteiger partial charge is 0.466 e. The zero-order chi connectivity index (χ0) is 14.5. The van der Waals surface area contributed by atoms with E-state index in [9.17, 15) is 9.59 Å². The van der Waals surface area contributed by atoms with Gasteiger partial charge in [0.2, 0.25) is 5.91 Å². The van der Waals surface area contributed by atoms with Gasteiger partial charge in [-0.3, -0.25) is 4.79 Å². The maximum Gasteiger partial charge on any atom is 0.333 e. The Balaban J connectivity index is 2.21. The van der Waals surface area contributed by atoms with Gasteiger partial charge in [-0.2, -0.15) is 0 Å². The van der Waals surface area contributed by atoms with Crippen molar-refractivity contribution in [3.63, 3.8) is 0 Å². The number of hydrogen-bond donors (Lipinski definition) is 0. The topological polar surface area (TPSA) is 46.6 Å². The molecule has 2 rings (SSSR count). The van der Waals surface area contributed by atoms with Gasteiger partial charge >= 0.3 is 5.97 Å². The summed E-state index contributed by atoms with van der Waals surface area (Å²) in [6, 6.07) is 1.99. The summed E-state index contributed by atoms with van der Waals surface area (Å²) in [6.45, 7) is 2.34. The molecule has 0 atom stereocenters. The van der Waals surface area contributed by atoms with Crippen LogP contribution in [0.1, 0.15) is 31.1 Å². The van der Waals surface area contributed by atoms with Crippen molar-refractivity contribution in [3.8, 4) is 0 Å². The number of fused-ring (bicyclic) bond motifs is 1. The Kier molecular flexibility index (Phi) is 4.95. The number of aryl methyl sites for hydroxylation is 1. The second kappa shape index (κ2) is 6.70. The van der Waals surface area contributed by atoms with Crippen LogP contribution in [0.3, 0.4) is 0 Å². The van der Waals surface area contributed by atoms with E-state index in [4.69, 9.17) is 4.74 Å². The Morgan fingerprint density at radius 3 is 3.00 bits per heavy atom. The molecule has 108 valence electrons. The molecule has 1 aliphatic heterocycles. The molecule has 0 spiro atoms. The highest BCUT2D eigenvalue weighted by Crippen LogP contribution is 2.31. The number of thiophene rings is 1. The summed E-state index contributed by atoms with van der Waals surface area (Å²) in [5.41, 5.74) is 1.61. The minimum atomic E-state index is -0.319. The maximum absolute atomic E-state index is 12.2. The number of anilines is 1. The van der Waals surface area contributed by atoms with Gasteiger partial charge in [0.25, 0.3) is 0 Å². The minimum Gasteiger partial charge on any atom is -0.466 e. The van der Waals surface area contributed by atoms with Crippen molar-refractivity contribution >= 4 is 28.9 Å². The Morgan fingerprint density at radius 1 is 1.50 bits per heavy atom. The minimum absolute atomic E-state index is 0.124. The Hall–Kier alpha value is -1.62. The van der Waals surface area contributed by atoms with Crippen molar-refractivity contribution in [2.24, 2.45) is 0 Å². The number of hydrogen-bond acceptors (Lipinski definition) is 4. The molecule has 0 aromatic carbocycles. The molecule has 0 N–H and O–H groups in total. The summed E-state index contributed by atoms with van der Waals surface area (Å²) in [5.74, 6) is -0.195. The average Bonchev–Trinajstić information content (AvgIpc) is 2.85. The average molecular weight is 293 g/mol. The first-order valence-electron chi connectivity index (χ1n) is 6.81. The zero-order valence-corrected chi connectivity index (χ0v) is 12.7. The van der Waals surface area contributed by atoms with E-state index in [0.29, 0.717) is 25.0 Å². The summed E-state index contributed by atoms with van der Waals surface area (Å²) >= 11 is 1.69. The van der Waals surface area contributed by atoms with Crippen molar-refractivity contribution in [3.05, 3.63) is 28.0 Å². The molecule has 0 saturated heterocycles. The highest BCUT2D eigenvalue weighted by molar-refractivity contribution is 7.10. The molecule has 0 bridgehead atoms. The van der Waals surface area contributed by atoms with E-state index < -0.39 is 0 Å². The fraction of sp³-hybridized carbons (Fsp3) is 0.467. The molecular formula is C15H19NO3S. The van der Waals surface area contributed by atoms with Gasteiger partial charge in [-0.25, -0.2) is 4.79 Å². The van der Waals surface area contributed by atoms with Crippen LogP contribution in [0.2, 0.25) is 0 Å². The first-order valence-corrected chi connectivity index (χ1v) is 7.69. The smallest absolute Gasteiger partial charge is 0.333 e. The number of methoxy groups -OCH3 is 1. The summed E-state index contributed by atoms with van der Waals surface area (Å²) in [4.78, 5) is 26.8. The van der Waals surface area contributed by atoms with Gasteiger partial charge in [-0.05, 0) is 30.7 Å². The van der Waals surface area contributed by atoms with E-state index in [2.05, 4.69) is 0 Å². The van der Waals surface area contributed by atoms with Crippen LogP contribution < -0.4 is 4.90 Å². The third-order valence-corrected chi connectivity index (χ3v) is 4.43. The van der Waals surface area contributed by atoms with Gasteiger partial charge in [0.1, 0.15) is 0 Å². The third-order valence-electron chi connectivity index (χ3n) is 3.46. The summed E-state index contributed by atoms with van der Waals surface area (Å²) < 4.78 is 4.74. The fourth-order valence-corrected chi connectivity index (χ4v) is 3.26. The predicted octanol–water partition coefficient (Wildman–Crippen LogP) is 2.93. The van der Waals surface area contributed by atoms with Gasteiger partial charge < -0.3 is 9.64 Å². The zero-order valence-electron chi connectivity index (χ0n) is 11.8. The molecule has 0 radical (unpaired) electrons. The summed E-state index contributed by atoms with van der Waals surface area (Å²) in [6.07, 6.45) is 4.82. The Bertz CT molecular complexity index is 533. The lowest BCUT2D eigenvalue weighted by Gasteiger charge is -2.19. The lowest BCUT2D eigenvalue weighted by molar-refractivity contribution is -0.136. The number of carbonyl (C=O) groups excluding carboxylic acids is 2. The fourth-order valence-electron chi connectivity index (χ4n) is 2.34. The second-order valence-corrected chi connectivity index (χ2v) is 5.66. The Morgan fingerprint density at radius 2 is 2.30 bits per heavy atom. The van der Waals surface area contributed by atoms with E-state index in [1.165, 1.54) is 12.0 Å².